The van der Waals surface area contributed by atoms with E-state index in [-0.39, 0.29) is 11.3 Å². The van der Waals surface area contributed by atoms with Crippen molar-refractivity contribution in [2.75, 3.05) is 13.1 Å². The molecule has 2 aliphatic rings. The molecule has 8 heteroatoms. The van der Waals surface area contributed by atoms with Crippen molar-refractivity contribution in [1.29, 1.82) is 0 Å². The first kappa shape index (κ1) is 19.9. The van der Waals surface area contributed by atoms with Gasteiger partial charge in [0.05, 0.1) is 5.69 Å². The maximum atomic E-state index is 12.9. The number of nitrogens with zero attached hydrogens (tertiary/aromatic N) is 6. The van der Waals surface area contributed by atoms with Crippen molar-refractivity contribution in [2.24, 2.45) is 5.92 Å². The topological polar surface area (TPSA) is 89.9 Å². The van der Waals surface area contributed by atoms with E-state index in [1.54, 1.807) is 17.1 Å². The van der Waals surface area contributed by atoms with Crippen LogP contribution in [-0.2, 0) is 16.8 Å². The summed E-state index contributed by atoms with van der Waals surface area (Å²) in [5.41, 5.74) is 2.72. The number of piperidine rings is 1. The minimum Gasteiger partial charge on any atom is -0.341 e. The standard InChI is InChI=1S/C23H28N6O2/c1-16-13-17(2)29(26-16)15-20(30)28-11-7-23(8-12-28,14-18-3-4-18)22-25-21(31-27-22)19-5-9-24-10-6-19/h5-6,9-10,13,18H,3-4,7-8,11-12,14-15H2,1-2H3. The number of amides is 1. The van der Waals surface area contributed by atoms with Gasteiger partial charge in [-0.3, -0.25) is 14.5 Å². The molecule has 1 saturated heterocycles. The van der Waals surface area contributed by atoms with Crippen LogP contribution in [0.4, 0.5) is 0 Å². The second-order valence-electron chi connectivity index (χ2n) is 9.05. The lowest BCUT2D eigenvalue weighted by atomic mass is 9.73. The lowest BCUT2D eigenvalue weighted by molar-refractivity contribution is -0.133. The first-order chi connectivity index (χ1) is 15.0. The maximum absolute atomic E-state index is 12.9. The number of aromatic nitrogens is 5. The third-order valence-corrected chi connectivity index (χ3v) is 6.67. The van der Waals surface area contributed by atoms with E-state index in [1.165, 1.54) is 12.8 Å². The van der Waals surface area contributed by atoms with Crippen LogP contribution in [0.3, 0.4) is 0 Å². The Bertz CT molecular complexity index is 1060. The zero-order valence-corrected chi connectivity index (χ0v) is 18.1. The van der Waals surface area contributed by atoms with Crippen LogP contribution in [0.15, 0.2) is 35.1 Å². The van der Waals surface area contributed by atoms with E-state index < -0.39 is 0 Å². The van der Waals surface area contributed by atoms with Crippen molar-refractivity contribution in [3.05, 3.63) is 47.8 Å². The first-order valence-electron chi connectivity index (χ1n) is 11.1. The van der Waals surface area contributed by atoms with Gasteiger partial charge in [0.2, 0.25) is 5.91 Å². The maximum Gasteiger partial charge on any atom is 0.258 e. The summed E-state index contributed by atoms with van der Waals surface area (Å²) in [4.78, 5) is 23.7. The summed E-state index contributed by atoms with van der Waals surface area (Å²) in [5.74, 6) is 2.18. The van der Waals surface area contributed by atoms with E-state index >= 15 is 0 Å². The fourth-order valence-electron chi connectivity index (χ4n) is 4.69. The molecule has 0 radical (unpaired) electrons. The SMILES string of the molecule is Cc1cc(C)n(CC(=O)N2CCC(CC3CC3)(c3noc(-c4ccncc4)n3)CC2)n1. The molecule has 0 atom stereocenters. The van der Waals surface area contributed by atoms with Crippen molar-refractivity contribution in [3.8, 4) is 11.5 Å². The highest BCUT2D eigenvalue weighted by molar-refractivity contribution is 5.76. The third kappa shape index (κ3) is 4.11. The molecule has 0 bridgehead atoms. The summed E-state index contributed by atoms with van der Waals surface area (Å²) in [6, 6.07) is 5.76. The number of likely N-dealkylation sites (tertiary alicyclic amines) is 1. The number of hydrogen-bond acceptors (Lipinski definition) is 6. The highest BCUT2D eigenvalue weighted by atomic mass is 16.5. The van der Waals surface area contributed by atoms with Crippen LogP contribution >= 0.6 is 0 Å². The number of carbonyl (C=O) groups is 1. The second kappa shape index (κ2) is 7.90. The number of hydrogen-bond donors (Lipinski definition) is 0. The van der Waals surface area contributed by atoms with Crippen molar-refractivity contribution < 1.29 is 9.32 Å². The predicted molar refractivity (Wildman–Crippen MR) is 114 cm³/mol. The zero-order valence-electron chi connectivity index (χ0n) is 18.1. The van der Waals surface area contributed by atoms with Gasteiger partial charge in [-0.05, 0) is 57.2 Å². The Morgan fingerprint density at radius 2 is 1.94 bits per heavy atom. The number of pyridine rings is 1. The first-order valence-corrected chi connectivity index (χ1v) is 11.1. The third-order valence-electron chi connectivity index (χ3n) is 6.67. The van der Waals surface area contributed by atoms with Crippen molar-refractivity contribution in [3.63, 3.8) is 0 Å². The van der Waals surface area contributed by atoms with E-state index in [1.807, 2.05) is 36.9 Å². The van der Waals surface area contributed by atoms with E-state index in [9.17, 15) is 4.79 Å². The smallest absolute Gasteiger partial charge is 0.258 e. The van der Waals surface area contributed by atoms with E-state index in [2.05, 4.69) is 15.2 Å². The van der Waals surface area contributed by atoms with Gasteiger partial charge in [-0.15, -0.1) is 0 Å². The molecule has 4 heterocycles. The molecule has 2 fully saturated rings. The molecule has 1 aliphatic carbocycles. The summed E-state index contributed by atoms with van der Waals surface area (Å²) in [7, 11) is 0. The van der Waals surface area contributed by atoms with E-state index in [4.69, 9.17) is 9.51 Å². The summed E-state index contributed by atoms with van der Waals surface area (Å²) in [5, 5.41) is 8.83. The number of carbonyl (C=O) groups excluding carboxylic acids is 1. The van der Waals surface area contributed by atoms with Crippen LogP contribution in [-0.4, -0.2) is 48.8 Å². The molecule has 3 aromatic rings. The Morgan fingerprint density at radius 3 is 2.58 bits per heavy atom. The van der Waals surface area contributed by atoms with Gasteiger partial charge >= 0.3 is 0 Å². The Labute approximate surface area is 181 Å². The molecule has 5 rings (SSSR count). The van der Waals surface area contributed by atoms with Crippen LogP contribution in [0.2, 0.25) is 0 Å². The molecule has 0 aromatic carbocycles. The van der Waals surface area contributed by atoms with Crippen LogP contribution in [0, 0.1) is 19.8 Å². The number of rotatable bonds is 6. The molecule has 0 spiro atoms. The normalized spacial score (nSPS) is 18.3. The van der Waals surface area contributed by atoms with Crippen molar-refractivity contribution in [1.82, 2.24) is 29.8 Å². The largest absolute Gasteiger partial charge is 0.341 e. The molecule has 3 aromatic heterocycles. The second-order valence-corrected chi connectivity index (χ2v) is 9.05. The van der Waals surface area contributed by atoms with Gasteiger partial charge in [0.25, 0.3) is 5.89 Å². The lowest BCUT2D eigenvalue weighted by Gasteiger charge is -2.40. The van der Waals surface area contributed by atoms with E-state index in [0.717, 1.165) is 48.0 Å². The summed E-state index contributed by atoms with van der Waals surface area (Å²) >= 11 is 0. The fourth-order valence-corrected chi connectivity index (χ4v) is 4.69. The zero-order chi connectivity index (χ0) is 21.4. The molecule has 1 amide bonds. The van der Waals surface area contributed by atoms with Crippen LogP contribution in [0.1, 0.15) is 49.3 Å². The van der Waals surface area contributed by atoms with Crippen molar-refractivity contribution >= 4 is 5.91 Å². The Morgan fingerprint density at radius 1 is 1.19 bits per heavy atom. The molecule has 162 valence electrons. The van der Waals surface area contributed by atoms with E-state index in [0.29, 0.717) is 25.5 Å². The molecule has 0 N–H and O–H groups in total. The lowest BCUT2D eigenvalue weighted by Crippen LogP contribution is -2.47. The Kier molecular flexibility index (Phi) is 5.08. The van der Waals surface area contributed by atoms with Gasteiger partial charge in [0, 0.05) is 42.2 Å². The summed E-state index contributed by atoms with van der Waals surface area (Å²) in [6.45, 7) is 5.66. The van der Waals surface area contributed by atoms with Gasteiger partial charge in [0.15, 0.2) is 5.82 Å². The molecular weight excluding hydrogens is 392 g/mol. The molecule has 31 heavy (non-hydrogen) atoms. The predicted octanol–water partition coefficient (Wildman–Crippen LogP) is 3.31. The fraction of sp³-hybridized carbons (Fsp3) is 0.522. The average molecular weight is 421 g/mol. The molecule has 0 unspecified atom stereocenters. The Balaban J connectivity index is 1.31. The molecule has 8 nitrogen and oxygen atoms in total. The monoisotopic (exact) mass is 420 g/mol. The highest BCUT2D eigenvalue weighted by Gasteiger charge is 2.44. The quantitative estimate of drug-likeness (QED) is 0.608. The van der Waals surface area contributed by atoms with Gasteiger partial charge in [-0.25, -0.2) is 0 Å². The van der Waals surface area contributed by atoms with Gasteiger partial charge < -0.3 is 9.42 Å². The molecule has 1 saturated carbocycles. The van der Waals surface area contributed by atoms with Crippen LogP contribution in [0.25, 0.3) is 11.5 Å². The van der Waals surface area contributed by atoms with Crippen molar-refractivity contribution in [2.45, 2.75) is 57.9 Å². The van der Waals surface area contributed by atoms with Gasteiger partial charge in [0.1, 0.15) is 6.54 Å². The number of aryl methyl sites for hydroxylation is 2. The summed E-state index contributed by atoms with van der Waals surface area (Å²) < 4.78 is 7.41. The highest BCUT2D eigenvalue weighted by Crippen LogP contribution is 2.46. The molecular formula is C23H28N6O2. The minimum absolute atomic E-state index is 0.120. The van der Waals surface area contributed by atoms with Gasteiger partial charge in [-0.2, -0.15) is 10.1 Å². The van der Waals surface area contributed by atoms with Crippen LogP contribution in [0.5, 0.6) is 0 Å². The van der Waals surface area contributed by atoms with Crippen LogP contribution < -0.4 is 0 Å². The van der Waals surface area contributed by atoms with Gasteiger partial charge in [-0.1, -0.05) is 18.0 Å². The average Bonchev–Trinajstić information content (AvgIpc) is 3.32. The molecule has 1 aliphatic heterocycles. The summed E-state index contributed by atoms with van der Waals surface area (Å²) in [6.07, 6.45) is 8.80. The Hall–Kier alpha value is -3.03. The minimum atomic E-state index is -0.120.